The Morgan fingerprint density at radius 3 is 2.50 bits per heavy atom. The van der Waals surface area contributed by atoms with E-state index in [1.165, 1.54) is 12.1 Å². The molecule has 1 atom stereocenters. The number of halogens is 1. The van der Waals surface area contributed by atoms with Crippen molar-refractivity contribution in [2.45, 2.75) is 51.4 Å². The number of nitrogens with one attached hydrogen (secondary N) is 2. The van der Waals surface area contributed by atoms with E-state index in [0.717, 1.165) is 19.5 Å². The van der Waals surface area contributed by atoms with Crippen LogP contribution in [0.3, 0.4) is 0 Å². The molecule has 0 bridgehead atoms. The van der Waals surface area contributed by atoms with Crippen LogP contribution >= 0.6 is 0 Å². The molecule has 2 saturated heterocycles. The smallest absolute Gasteiger partial charge is 0.399 e. The third kappa shape index (κ3) is 3.20. The minimum absolute atomic E-state index is 0.0437. The van der Waals surface area contributed by atoms with Gasteiger partial charge in [0.15, 0.2) is 0 Å². The molecule has 24 heavy (non-hydrogen) atoms. The van der Waals surface area contributed by atoms with Gasteiger partial charge in [0.1, 0.15) is 5.82 Å². The second kappa shape index (κ2) is 6.13. The van der Waals surface area contributed by atoms with Gasteiger partial charge in [0, 0.05) is 12.6 Å². The average molecular weight is 334 g/mol. The van der Waals surface area contributed by atoms with Crippen LogP contribution in [0.15, 0.2) is 18.2 Å². The lowest BCUT2D eigenvalue weighted by molar-refractivity contribution is 0.00578. The monoisotopic (exact) mass is 334 g/mol. The molecule has 1 amide bonds. The Hall–Kier alpha value is -1.44. The molecule has 3 rings (SSSR count). The summed E-state index contributed by atoms with van der Waals surface area (Å²) in [6.07, 6.45) is 0.860. The van der Waals surface area contributed by atoms with Gasteiger partial charge in [-0.25, -0.2) is 4.39 Å². The normalized spacial score (nSPS) is 25.0. The quantitative estimate of drug-likeness (QED) is 0.816. The molecule has 2 aliphatic rings. The van der Waals surface area contributed by atoms with E-state index >= 15 is 0 Å². The van der Waals surface area contributed by atoms with Crippen LogP contribution in [0.1, 0.15) is 44.5 Å². The third-order valence-electron chi connectivity index (χ3n) is 5.16. The van der Waals surface area contributed by atoms with Crippen molar-refractivity contribution in [1.82, 2.24) is 10.6 Å². The number of benzene rings is 1. The summed E-state index contributed by atoms with van der Waals surface area (Å²) in [4.78, 5) is 12.2. The van der Waals surface area contributed by atoms with E-state index in [-0.39, 0.29) is 17.5 Å². The van der Waals surface area contributed by atoms with E-state index in [4.69, 9.17) is 9.31 Å². The zero-order chi connectivity index (χ0) is 17.5. The van der Waals surface area contributed by atoms with Gasteiger partial charge in [-0.2, -0.15) is 0 Å². The van der Waals surface area contributed by atoms with E-state index < -0.39 is 24.1 Å². The number of hydrogen-bond acceptors (Lipinski definition) is 4. The molecule has 0 aliphatic carbocycles. The second-order valence-electron chi connectivity index (χ2n) is 7.49. The van der Waals surface area contributed by atoms with Crippen LogP contribution in [0.25, 0.3) is 0 Å². The Bertz CT molecular complexity index is 629. The first-order chi connectivity index (χ1) is 11.2. The van der Waals surface area contributed by atoms with Crippen molar-refractivity contribution in [3.63, 3.8) is 0 Å². The maximum Gasteiger partial charge on any atom is 0.494 e. The van der Waals surface area contributed by atoms with Gasteiger partial charge in [-0.15, -0.1) is 0 Å². The number of hydrogen-bond donors (Lipinski definition) is 2. The van der Waals surface area contributed by atoms with Crippen molar-refractivity contribution < 1.29 is 18.5 Å². The van der Waals surface area contributed by atoms with Gasteiger partial charge in [0.25, 0.3) is 5.91 Å². The highest BCUT2D eigenvalue weighted by molar-refractivity contribution is 6.62. The SMILES string of the molecule is CC1(C)OB(c2ccc(C(=O)NC3CCNC3)c(F)c2)OC1(C)C. The van der Waals surface area contributed by atoms with Gasteiger partial charge >= 0.3 is 7.12 Å². The zero-order valence-electron chi connectivity index (χ0n) is 14.6. The lowest BCUT2D eigenvalue weighted by atomic mass is 9.78. The van der Waals surface area contributed by atoms with Gasteiger partial charge < -0.3 is 19.9 Å². The first-order valence-corrected chi connectivity index (χ1v) is 8.36. The lowest BCUT2D eigenvalue weighted by Gasteiger charge is -2.32. The predicted molar refractivity (Wildman–Crippen MR) is 90.9 cm³/mol. The minimum Gasteiger partial charge on any atom is -0.399 e. The summed E-state index contributed by atoms with van der Waals surface area (Å²) in [5, 5.41) is 6.01. The second-order valence-corrected chi connectivity index (χ2v) is 7.49. The molecule has 0 saturated carbocycles. The Morgan fingerprint density at radius 1 is 1.29 bits per heavy atom. The average Bonchev–Trinajstić information content (AvgIpc) is 3.05. The van der Waals surface area contributed by atoms with Gasteiger partial charge in [-0.05, 0) is 58.3 Å². The molecule has 7 heteroatoms. The maximum absolute atomic E-state index is 14.4. The van der Waals surface area contributed by atoms with Crippen LogP contribution in [0.4, 0.5) is 4.39 Å². The molecule has 2 heterocycles. The largest absolute Gasteiger partial charge is 0.494 e. The fraction of sp³-hybridized carbons (Fsp3) is 0.588. The van der Waals surface area contributed by atoms with Crippen molar-refractivity contribution >= 4 is 18.5 Å². The summed E-state index contributed by atoms with van der Waals surface area (Å²) >= 11 is 0. The van der Waals surface area contributed by atoms with Crippen molar-refractivity contribution in [2.24, 2.45) is 0 Å². The molecule has 2 fully saturated rings. The Kier molecular flexibility index (Phi) is 4.44. The summed E-state index contributed by atoms with van der Waals surface area (Å²) in [6, 6.07) is 4.56. The Labute approximate surface area is 142 Å². The van der Waals surface area contributed by atoms with Gasteiger partial charge in [0.05, 0.1) is 16.8 Å². The van der Waals surface area contributed by atoms with Crippen LogP contribution < -0.4 is 16.1 Å². The Morgan fingerprint density at radius 2 is 1.96 bits per heavy atom. The fourth-order valence-electron chi connectivity index (χ4n) is 2.88. The summed E-state index contributed by atoms with van der Waals surface area (Å²) in [6.45, 7) is 9.37. The van der Waals surface area contributed by atoms with Crippen LogP contribution in [0.2, 0.25) is 0 Å². The van der Waals surface area contributed by atoms with E-state index in [1.807, 2.05) is 27.7 Å². The number of rotatable bonds is 3. The standard InChI is InChI=1S/C17H24BFN2O3/c1-16(2)17(3,4)24-18(23-16)11-5-6-13(14(19)9-11)15(22)21-12-7-8-20-10-12/h5-6,9,12,20H,7-8,10H2,1-4H3,(H,21,22). The molecule has 2 N–H and O–H groups in total. The fourth-order valence-corrected chi connectivity index (χ4v) is 2.88. The molecule has 0 spiro atoms. The van der Waals surface area contributed by atoms with Gasteiger partial charge in [-0.3, -0.25) is 4.79 Å². The van der Waals surface area contributed by atoms with Crippen molar-refractivity contribution in [3.8, 4) is 0 Å². The topological polar surface area (TPSA) is 59.6 Å². The maximum atomic E-state index is 14.4. The van der Waals surface area contributed by atoms with Crippen molar-refractivity contribution in [2.75, 3.05) is 13.1 Å². The highest BCUT2D eigenvalue weighted by atomic mass is 19.1. The van der Waals surface area contributed by atoms with Crippen molar-refractivity contribution in [1.29, 1.82) is 0 Å². The van der Waals surface area contributed by atoms with Crippen LogP contribution in [-0.2, 0) is 9.31 Å². The van der Waals surface area contributed by atoms with Crippen LogP contribution in [0, 0.1) is 5.82 Å². The molecule has 5 nitrogen and oxygen atoms in total. The summed E-state index contributed by atoms with van der Waals surface area (Å²) in [5.74, 6) is -0.952. The highest BCUT2D eigenvalue weighted by Crippen LogP contribution is 2.36. The molecule has 1 aromatic rings. The van der Waals surface area contributed by atoms with Gasteiger partial charge in [-0.1, -0.05) is 6.07 Å². The highest BCUT2D eigenvalue weighted by Gasteiger charge is 2.51. The molecule has 1 aromatic carbocycles. The van der Waals surface area contributed by atoms with Gasteiger partial charge in [0.2, 0.25) is 0 Å². The molecule has 1 unspecified atom stereocenters. The first kappa shape index (κ1) is 17.4. The molecule has 2 aliphatic heterocycles. The van der Waals surface area contributed by atoms with Crippen molar-refractivity contribution in [3.05, 3.63) is 29.6 Å². The number of carbonyl (C=O) groups is 1. The van der Waals surface area contributed by atoms with E-state index in [1.54, 1.807) is 6.07 Å². The molecule has 0 radical (unpaired) electrons. The predicted octanol–water partition coefficient (Wildman–Crippen LogP) is 1.22. The molecule has 130 valence electrons. The third-order valence-corrected chi connectivity index (χ3v) is 5.16. The summed E-state index contributed by atoms with van der Waals surface area (Å²) in [5.41, 5.74) is -0.355. The summed E-state index contributed by atoms with van der Waals surface area (Å²) < 4.78 is 26.3. The number of carbonyl (C=O) groups excluding carboxylic acids is 1. The molecular weight excluding hydrogens is 310 g/mol. The molecular formula is C17H24BFN2O3. The van der Waals surface area contributed by atoms with Crippen LogP contribution in [-0.4, -0.2) is 43.4 Å². The van der Waals surface area contributed by atoms with Crippen LogP contribution in [0.5, 0.6) is 0 Å². The lowest BCUT2D eigenvalue weighted by Crippen LogP contribution is -2.41. The summed E-state index contributed by atoms with van der Waals surface area (Å²) in [7, 11) is -0.638. The number of amides is 1. The molecule has 0 aromatic heterocycles. The Balaban J connectivity index is 1.74. The minimum atomic E-state index is -0.638. The van der Waals surface area contributed by atoms with E-state index in [2.05, 4.69) is 10.6 Å². The first-order valence-electron chi connectivity index (χ1n) is 8.36. The zero-order valence-corrected chi connectivity index (χ0v) is 14.6. The van der Waals surface area contributed by atoms with E-state index in [0.29, 0.717) is 5.46 Å². The van der Waals surface area contributed by atoms with E-state index in [9.17, 15) is 9.18 Å².